The van der Waals surface area contributed by atoms with Gasteiger partial charge >= 0.3 is 5.69 Å². The molecule has 0 saturated heterocycles. The molecule has 0 spiro atoms. The zero-order chi connectivity index (χ0) is 22.4. The molecule has 1 aromatic carbocycles. The van der Waals surface area contributed by atoms with E-state index < -0.39 is 4.92 Å². The van der Waals surface area contributed by atoms with Gasteiger partial charge in [0.1, 0.15) is 17.2 Å². The van der Waals surface area contributed by atoms with Crippen molar-refractivity contribution in [1.82, 2.24) is 9.97 Å². The van der Waals surface area contributed by atoms with Gasteiger partial charge in [0.2, 0.25) is 11.8 Å². The summed E-state index contributed by atoms with van der Waals surface area (Å²) in [4.78, 5) is 19.7. The van der Waals surface area contributed by atoms with Crippen molar-refractivity contribution >= 4 is 17.5 Å². The van der Waals surface area contributed by atoms with Crippen LogP contribution in [0.4, 0.5) is 17.5 Å². The molecule has 10 heteroatoms. The van der Waals surface area contributed by atoms with Crippen LogP contribution in [0.15, 0.2) is 18.2 Å². The number of anilines is 2. The molecular formula is C21H30N6O4. The number of aromatic nitrogens is 2. The van der Waals surface area contributed by atoms with Gasteiger partial charge in [0.25, 0.3) is 0 Å². The molecule has 0 aliphatic heterocycles. The van der Waals surface area contributed by atoms with Crippen molar-refractivity contribution in [3.63, 3.8) is 0 Å². The van der Waals surface area contributed by atoms with E-state index in [2.05, 4.69) is 15.3 Å². The molecule has 1 saturated carbocycles. The fourth-order valence-corrected chi connectivity index (χ4v) is 4.16. The fraction of sp³-hybridized carbons (Fsp3) is 0.524. The minimum atomic E-state index is -0.497. The summed E-state index contributed by atoms with van der Waals surface area (Å²) in [6, 6.07) is 5.49. The van der Waals surface area contributed by atoms with Crippen molar-refractivity contribution in [3.8, 4) is 11.5 Å². The highest BCUT2D eigenvalue weighted by molar-refractivity contribution is 5.58. The molecule has 1 fully saturated rings. The summed E-state index contributed by atoms with van der Waals surface area (Å²) in [6.45, 7) is 0.999. The van der Waals surface area contributed by atoms with Crippen molar-refractivity contribution in [1.29, 1.82) is 0 Å². The van der Waals surface area contributed by atoms with Crippen LogP contribution < -0.4 is 26.3 Å². The first-order valence-corrected chi connectivity index (χ1v) is 10.4. The number of methoxy groups -OCH3 is 2. The van der Waals surface area contributed by atoms with Crippen LogP contribution in [0.3, 0.4) is 0 Å². The Labute approximate surface area is 181 Å². The zero-order valence-electron chi connectivity index (χ0n) is 18.0. The smallest absolute Gasteiger partial charge is 0.332 e. The van der Waals surface area contributed by atoms with Gasteiger partial charge in [-0.1, -0.05) is 6.07 Å². The quantitative estimate of drug-likeness (QED) is 0.403. The summed E-state index contributed by atoms with van der Waals surface area (Å²) in [5.74, 6) is 2.26. The first-order chi connectivity index (χ1) is 15.0. The molecule has 1 aliphatic carbocycles. The largest absolute Gasteiger partial charge is 0.496 e. The summed E-state index contributed by atoms with van der Waals surface area (Å²) in [6.07, 6.45) is 4.52. The van der Waals surface area contributed by atoms with E-state index in [0.29, 0.717) is 48.5 Å². The Bertz CT molecular complexity index is 893. The van der Waals surface area contributed by atoms with E-state index in [-0.39, 0.29) is 17.5 Å². The molecule has 168 valence electrons. The lowest BCUT2D eigenvalue weighted by Crippen LogP contribution is -2.23. The van der Waals surface area contributed by atoms with Crippen LogP contribution in [0.5, 0.6) is 11.5 Å². The van der Waals surface area contributed by atoms with Crippen molar-refractivity contribution < 1.29 is 14.4 Å². The van der Waals surface area contributed by atoms with Crippen LogP contribution in [-0.4, -0.2) is 35.7 Å². The maximum Gasteiger partial charge on any atom is 0.332 e. The number of hydrogen-bond acceptors (Lipinski definition) is 9. The molecule has 0 unspecified atom stereocenters. The van der Waals surface area contributed by atoms with Gasteiger partial charge in [-0.05, 0) is 62.6 Å². The highest BCUT2D eigenvalue weighted by atomic mass is 16.6. The van der Waals surface area contributed by atoms with Crippen LogP contribution in [0.1, 0.15) is 36.9 Å². The van der Waals surface area contributed by atoms with Gasteiger partial charge in [0.05, 0.1) is 31.3 Å². The molecule has 1 heterocycles. The van der Waals surface area contributed by atoms with E-state index in [9.17, 15) is 10.1 Å². The first kappa shape index (κ1) is 22.5. The zero-order valence-corrected chi connectivity index (χ0v) is 18.0. The van der Waals surface area contributed by atoms with Crippen molar-refractivity contribution in [2.45, 2.75) is 38.6 Å². The van der Waals surface area contributed by atoms with E-state index in [0.717, 1.165) is 31.2 Å². The van der Waals surface area contributed by atoms with E-state index in [1.54, 1.807) is 14.2 Å². The number of ether oxygens (including phenoxy) is 2. The molecular weight excluding hydrogens is 400 g/mol. The monoisotopic (exact) mass is 430 g/mol. The van der Waals surface area contributed by atoms with Crippen LogP contribution in [0.2, 0.25) is 0 Å². The minimum Gasteiger partial charge on any atom is -0.496 e. The van der Waals surface area contributed by atoms with Crippen LogP contribution in [-0.2, 0) is 13.0 Å². The topological polar surface area (TPSA) is 151 Å². The number of nitrogen functional groups attached to an aromatic ring is 1. The van der Waals surface area contributed by atoms with E-state index in [1.165, 1.54) is 0 Å². The van der Waals surface area contributed by atoms with E-state index in [1.807, 2.05) is 18.2 Å². The lowest BCUT2D eigenvalue weighted by molar-refractivity contribution is -0.385. The van der Waals surface area contributed by atoms with Gasteiger partial charge in [0, 0.05) is 0 Å². The molecule has 0 radical (unpaired) electrons. The Morgan fingerprint density at radius 1 is 1.13 bits per heavy atom. The number of nitrogens with one attached hydrogen (secondary N) is 1. The lowest BCUT2D eigenvalue weighted by atomic mass is 9.80. The summed E-state index contributed by atoms with van der Waals surface area (Å²) >= 11 is 0. The van der Waals surface area contributed by atoms with Crippen LogP contribution >= 0.6 is 0 Å². The molecule has 1 aromatic heterocycles. The second-order valence-electron chi connectivity index (χ2n) is 7.81. The summed E-state index contributed by atoms with van der Waals surface area (Å²) in [5, 5.41) is 14.7. The maximum absolute atomic E-state index is 11.6. The predicted molar refractivity (Wildman–Crippen MR) is 118 cm³/mol. The molecule has 1 aliphatic rings. The summed E-state index contributed by atoms with van der Waals surface area (Å²) in [5.41, 5.74) is 12.7. The Hall–Kier alpha value is -3.14. The van der Waals surface area contributed by atoms with Crippen LogP contribution in [0.25, 0.3) is 0 Å². The molecule has 0 atom stereocenters. The fourth-order valence-electron chi connectivity index (χ4n) is 4.16. The van der Waals surface area contributed by atoms with Crippen molar-refractivity contribution in [2.24, 2.45) is 17.6 Å². The number of benzene rings is 1. The average Bonchev–Trinajstić information content (AvgIpc) is 2.77. The Balaban J connectivity index is 1.82. The molecule has 5 N–H and O–H groups in total. The molecule has 0 amide bonds. The number of rotatable bonds is 9. The average molecular weight is 431 g/mol. The minimum absolute atomic E-state index is 0.139. The Kier molecular flexibility index (Phi) is 7.45. The molecule has 31 heavy (non-hydrogen) atoms. The molecule has 0 bridgehead atoms. The lowest BCUT2D eigenvalue weighted by Gasteiger charge is -2.27. The molecule has 10 nitrogen and oxygen atoms in total. The highest BCUT2D eigenvalue weighted by Crippen LogP contribution is 2.34. The SMILES string of the molecule is COc1cccc(OC)c1CNc1nc(N)c([N+](=O)[O-])c(CC2CCC(CN)CC2)n1. The number of nitrogens with two attached hydrogens (primary N) is 2. The second-order valence-corrected chi connectivity index (χ2v) is 7.81. The standard InChI is InChI=1S/C21H30N6O4/c1-30-17-4-3-5-18(31-2)15(17)12-24-21-25-16(19(27(28)29)20(23)26-21)10-13-6-8-14(11-22)9-7-13/h3-5,13-14H,6-12,22H2,1-2H3,(H3,23,24,25,26). The second kappa shape index (κ2) is 10.3. The summed E-state index contributed by atoms with van der Waals surface area (Å²) < 4.78 is 10.8. The van der Waals surface area contributed by atoms with Crippen molar-refractivity contribution in [2.75, 3.05) is 31.8 Å². The Morgan fingerprint density at radius 2 is 1.74 bits per heavy atom. The first-order valence-electron chi connectivity index (χ1n) is 10.4. The van der Waals surface area contributed by atoms with Gasteiger partial charge in [-0.25, -0.2) is 4.98 Å². The van der Waals surface area contributed by atoms with E-state index >= 15 is 0 Å². The summed E-state index contributed by atoms with van der Waals surface area (Å²) in [7, 11) is 3.16. The number of nitro groups is 1. The van der Waals surface area contributed by atoms with Gasteiger partial charge in [-0.15, -0.1) is 0 Å². The van der Waals surface area contributed by atoms with Gasteiger partial charge in [0.15, 0.2) is 0 Å². The van der Waals surface area contributed by atoms with Gasteiger partial charge in [-0.2, -0.15) is 4.98 Å². The third-order valence-electron chi connectivity index (χ3n) is 5.90. The number of nitrogens with zero attached hydrogens (tertiary/aromatic N) is 3. The van der Waals surface area contributed by atoms with Gasteiger partial charge in [-0.3, -0.25) is 10.1 Å². The molecule has 2 aromatic rings. The third kappa shape index (κ3) is 5.32. The predicted octanol–water partition coefficient (Wildman–Crippen LogP) is 2.90. The normalized spacial score (nSPS) is 18.4. The Morgan fingerprint density at radius 3 is 2.29 bits per heavy atom. The van der Waals surface area contributed by atoms with Crippen LogP contribution in [0, 0.1) is 22.0 Å². The van der Waals surface area contributed by atoms with Gasteiger partial charge < -0.3 is 26.3 Å². The van der Waals surface area contributed by atoms with Crippen molar-refractivity contribution in [3.05, 3.63) is 39.6 Å². The third-order valence-corrected chi connectivity index (χ3v) is 5.90. The maximum atomic E-state index is 11.6. The highest BCUT2D eigenvalue weighted by Gasteiger charge is 2.28. The number of hydrogen-bond donors (Lipinski definition) is 3. The van der Waals surface area contributed by atoms with E-state index in [4.69, 9.17) is 20.9 Å². The molecule has 3 rings (SSSR count).